The summed E-state index contributed by atoms with van der Waals surface area (Å²) >= 11 is 17.6. The molecule has 8 heteroatoms. The van der Waals surface area contributed by atoms with Gasteiger partial charge in [0.15, 0.2) is 6.04 Å². The normalized spacial score (nSPS) is 12.0. The Morgan fingerprint density at radius 2 is 2.00 bits per heavy atom. The number of carbonyl (C=O) groups excluding carboxylic acids is 1. The van der Waals surface area contributed by atoms with Crippen molar-refractivity contribution in [2.24, 2.45) is 0 Å². The van der Waals surface area contributed by atoms with Gasteiger partial charge < -0.3 is 10.1 Å². The van der Waals surface area contributed by atoms with Crippen molar-refractivity contribution in [1.29, 1.82) is 0 Å². The van der Waals surface area contributed by atoms with Gasteiger partial charge in [0.25, 0.3) is 0 Å². The van der Waals surface area contributed by atoms with E-state index in [9.17, 15) is 4.79 Å². The highest BCUT2D eigenvalue weighted by Crippen LogP contribution is 2.37. The van der Waals surface area contributed by atoms with Crippen LogP contribution in [0.15, 0.2) is 37.0 Å². The highest BCUT2D eigenvalue weighted by Gasteiger charge is 2.24. The molecule has 0 spiro atoms. The third-order valence-corrected chi connectivity index (χ3v) is 7.15. The van der Waals surface area contributed by atoms with Crippen molar-refractivity contribution in [3.63, 3.8) is 0 Å². The van der Waals surface area contributed by atoms with E-state index in [1.54, 1.807) is 12.1 Å². The molecule has 1 aromatic heterocycles. The molecule has 2 rings (SSSR count). The molecule has 2 aromatic rings. The fourth-order valence-electron chi connectivity index (χ4n) is 1.62. The average molecular weight is 518 g/mol. The summed E-state index contributed by atoms with van der Waals surface area (Å²) in [5.41, 5.74) is 0.766. The molecule has 0 bridgehead atoms. The van der Waals surface area contributed by atoms with Crippen molar-refractivity contribution >= 4 is 82.4 Å². The van der Waals surface area contributed by atoms with Crippen molar-refractivity contribution in [1.82, 2.24) is 0 Å². The van der Waals surface area contributed by atoms with Gasteiger partial charge in [-0.25, -0.2) is 4.79 Å². The number of benzene rings is 1. The van der Waals surface area contributed by atoms with E-state index >= 15 is 0 Å². The molecule has 1 aromatic carbocycles. The number of rotatable bonds is 4. The lowest BCUT2D eigenvalue weighted by Gasteiger charge is -2.16. The van der Waals surface area contributed by atoms with Gasteiger partial charge in [-0.15, -0.1) is 11.3 Å². The molecule has 1 atom stereocenters. The van der Waals surface area contributed by atoms with Crippen LogP contribution in [0.3, 0.4) is 0 Å². The summed E-state index contributed by atoms with van der Waals surface area (Å²) in [6.45, 7) is 0. The van der Waals surface area contributed by atoms with Crippen LogP contribution in [-0.4, -0.2) is 13.1 Å². The zero-order valence-corrected chi connectivity index (χ0v) is 17.0. The summed E-state index contributed by atoms with van der Waals surface area (Å²) in [7, 11) is 1.37. The van der Waals surface area contributed by atoms with E-state index in [4.69, 9.17) is 16.3 Å². The first kappa shape index (κ1) is 17.3. The quantitative estimate of drug-likeness (QED) is 0.504. The molecule has 0 aliphatic rings. The number of hydrogen-bond acceptors (Lipinski definition) is 4. The number of ether oxygens (including phenoxy) is 1. The predicted molar refractivity (Wildman–Crippen MR) is 97.3 cm³/mol. The molecule has 1 unspecified atom stereocenters. The Labute approximate surface area is 156 Å². The van der Waals surface area contributed by atoms with Crippen LogP contribution in [0.1, 0.15) is 10.9 Å². The molecule has 112 valence electrons. The van der Waals surface area contributed by atoms with E-state index in [0.29, 0.717) is 5.02 Å². The Kier molecular flexibility index (Phi) is 6.14. The molecule has 0 amide bonds. The monoisotopic (exact) mass is 515 g/mol. The van der Waals surface area contributed by atoms with E-state index in [1.807, 2.05) is 12.1 Å². The zero-order chi connectivity index (χ0) is 15.6. The predicted octanol–water partition coefficient (Wildman–Crippen LogP) is 6.02. The summed E-state index contributed by atoms with van der Waals surface area (Å²) in [6, 6.07) is 6.67. The largest absolute Gasteiger partial charge is 0.467 e. The number of halogens is 4. The van der Waals surface area contributed by atoms with E-state index in [1.165, 1.54) is 18.4 Å². The number of nitrogens with one attached hydrogen (secondary N) is 1. The molecule has 1 heterocycles. The van der Waals surface area contributed by atoms with Crippen LogP contribution in [0.25, 0.3) is 0 Å². The van der Waals surface area contributed by atoms with Crippen LogP contribution in [0, 0.1) is 0 Å². The lowest BCUT2D eigenvalue weighted by atomic mass is 10.2. The van der Waals surface area contributed by atoms with E-state index in [-0.39, 0.29) is 5.97 Å². The number of anilines is 1. The molecular weight excluding hydrogens is 509 g/mol. The van der Waals surface area contributed by atoms with Crippen molar-refractivity contribution in [2.45, 2.75) is 6.04 Å². The maximum absolute atomic E-state index is 12.0. The minimum atomic E-state index is -0.587. The van der Waals surface area contributed by atoms with Crippen LogP contribution >= 0.6 is 70.7 Å². The fourth-order valence-corrected chi connectivity index (χ4v) is 4.25. The number of methoxy groups -OCH3 is 1. The third-order valence-electron chi connectivity index (χ3n) is 2.62. The van der Waals surface area contributed by atoms with Gasteiger partial charge in [0.2, 0.25) is 0 Å². The molecule has 0 aliphatic heterocycles. The molecule has 0 radical (unpaired) electrons. The molecule has 3 nitrogen and oxygen atoms in total. The van der Waals surface area contributed by atoms with Crippen molar-refractivity contribution in [2.75, 3.05) is 12.4 Å². The molecule has 0 fully saturated rings. The summed E-state index contributed by atoms with van der Waals surface area (Å²) in [5.74, 6) is -0.359. The van der Waals surface area contributed by atoms with Crippen molar-refractivity contribution in [3.05, 3.63) is 46.9 Å². The maximum Gasteiger partial charge on any atom is 0.333 e. The van der Waals surface area contributed by atoms with Gasteiger partial charge in [-0.2, -0.15) is 0 Å². The lowest BCUT2D eigenvalue weighted by Crippen LogP contribution is -2.21. The maximum atomic E-state index is 12.0. The highest BCUT2D eigenvalue weighted by atomic mass is 79.9. The van der Waals surface area contributed by atoms with Gasteiger partial charge in [-0.1, -0.05) is 11.6 Å². The summed E-state index contributed by atoms with van der Waals surface area (Å²) in [5, 5.41) is 3.77. The molecular formula is C13H9Br3ClNO2S. The lowest BCUT2D eigenvalue weighted by molar-refractivity contribution is -0.141. The molecule has 0 saturated carbocycles. The minimum absolute atomic E-state index is 0.359. The average Bonchev–Trinajstić information content (AvgIpc) is 2.78. The second-order valence-electron chi connectivity index (χ2n) is 4.00. The van der Waals surface area contributed by atoms with Crippen molar-refractivity contribution < 1.29 is 9.53 Å². The smallest absolute Gasteiger partial charge is 0.333 e. The Hall–Kier alpha value is -0.0800. The SMILES string of the molecule is COC(=O)C(Nc1ccc(Cl)c(Br)c1)c1cc(Br)c(Br)s1. The number of esters is 1. The first-order chi connectivity index (χ1) is 9.92. The minimum Gasteiger partial charge on any atom is -0.467 e. The van der Waals surface area contributed by atoms with E-state index in [2.05, 4.69) is 53.1 Å². The number of carbonyl (C=O) groups is 1. The molecule has 1 N–H and O–H groups in total. The highest BCUT2D eigenvalue weighted by molar-refractivity contribution is 9.13. The van der Waals surface area contributed by atoms with E-state index in [0.717, 1.165) is 23.3 Å². The zero-order valence-electron chi connectivity index (χ0n) is 10.6. The third kappa shape index (κ3) is 4.22. The molecule has 0 aliphatic carbocycles. The fraction of sp³-hybridized carbons (Fsp3) is 0.154. The first-order valence-corrected chi connectivity index (χ1v) is 9.24. The van der Waals surface area contributed by atoms with Crippen LogP contribution in [0.2, 0.25) is 5.02 Å². The van der Waals surface area contributed by atoms with Crippen molar-refractivity contribution in [3.8, 4) is 0 Å². The van der Waals surface area contributed by atoms with E-state index < -0.39 is 6.04 Å². The second kappa shape index (κ2) is 7.46. The first-order valence-electron chi connectivity index (χ1n) is 5.66. The van der Waals surface area contributed by atoms with Gasteiger partial charge in [0, 0.05) is 19.5 Å². The topological polar surface area (TPSA) is 38.3 Å². The number of thiophene rings is 1. The summed E-state index contributed by atoms with van der Waals surface area (Å²) in [4.78, 5) is 12.9. The Bertz CT molecular complexity index is 658. The number of hydrogen-bond donors (Lipinski definition) is 1. The Morgan fingerprint density at radius 3 is 2.52 bits per heavy atom. The van der Waals surface area contributed by atoms with Gasteiger partial charge in [0.1, 0.15) is 0 Å². The van der Waals surface area contributed by atoms with Gasteiger partial charge in [-0.05, 0) is 72.1 Å². The Morgan fingerprint density at radius 1 is 1.29 bits per heavy atom. The van der Waals surface area contributed by atoms with Crippen LogP contribution < -0.4 is 5.32 Å². The van der Waals surface area contributed by atoms with Crippen LogP contribution in [0.4, 0.5) is 5.69 Å². The Balaban J connectivity index is 2.32. The van der Waals surface area contributed by atoms with Crippen LogP contribution in [-0.2, 0) is 9.53 Å². The van der Waals surface area contributed by atoms with Gasteiger partial charge in [0.05, 0.1) is 15.9 Å². The molecule has 0 saturated heterocycles. The summed E-state index contributed by atoms with van der Waals surface area (Å²) in [6.07, 6.45) is 0. The summed E-state index contributed by atoms with van der Waals surface area (Å²) < 4.78 is 7.46. The standard InChI is InChI=1S/C13H9Br3ClNO2S/c1-20-13(19)11(10-5-8(15)12(16)21-10)18-6-2-3-9(17)7(14)4-6/h2-5,11,18H,1H3. The van der Waals surface area contributed by atoms with Gasteiger partial charge >= 0.3 is 5.97 Å². The second-order valence-corrected chi connectivity index (χ2v) is 8.52. The molecule has 21 heavy (non-hydrogen) atoms. The van der Waals surface area contributed by atoms with Gasteiger partial charge in [-0.3, -0.25) is 0 Å². The van der Waals surface area contributed by atoms with Crippen LogP contribution in [0.5, 0.6) is 0 Å².